The van der Waals surface area contributed by atoms with Gasteiger partial charge >= 0.3 is 0 Å². The van der Waals surface area contributed by atoms with Crippen LogP contribution in [0.15, 0.2) is 27.6 Å². The highest BCUT2D eigenvalue weighted by Crippen LogP contribution is 2.45. The third kappa shape index (κ3) is 2.77. The third-order valence-corrected chi connectivity index (χ3v) is 5.78. The molecule has 1 atom stereocenters. The number of halogens is 1. The lowest BCUT2D eigenvalue weighted by molar-refractivity contribution is 0.554. The molecule has 1 aliphatic carbocycles. The number of benzene rings is 1. The summed E-state index contributed by atoms with van der Waals surface area (Å²) in [7, 11) is -3.46. The topological polar surface area (TPSA) is 72.2 Å². The Morgan fingerprint density at radius 3 is 2.56 bits per heavy atom. The predicted molar refractivity (Wildman–Crippen MR) is 74.5 cm³/mol. The van der Waals surface area contributed by atoms with Crippen molar-refractivity contribution in [1.82, 2.24) is 4.72 Å². The number of nitrogens with one attached hydrogen (secondary N) is 1. The van der Waals surface area contributed by atoms with Gasteiger partial charge in [0, 0.05) is 17.1 Å². The Kier molecular flexibility index (Phi) is 3.57. The van der Waals surface area contributed by atoms with Crippen molar-refractivity contribution < 1.29 is 8.42 Å². The van der Waals surface area contributed by atoms with E-state index in [1.165, 1.54) is 0 Å². The molecule has 0 radical (unpaired) electrons. The van der Waals surface area contributed by atoms with Crippen LogP contribution in [0, 0.1) is 5.41 Å². The third-order valence-electron chi connectivity index (χ3n) is 3.33. The molecule has 0 bridgehead atoms. The maximum absolute atomic E-state index is 12.2. The van der Waals surface area contributed by atoms with Crippen molar-refractivity contribution in [3.05, 3.63) is 28.2 Å². The zero-order valence-corrected chi connectivity index (χ0v) is 12.8. The van der Waals surface area contributed by atoms with Crippen LogP contribution in [0.1, 0.15) is 25.8 Å². The van der Waals surface area contributed by atoms with Crippen molar-refractivity contribution in [2.45, 2.75) is 37.8 Å². The summed E-state index contributed by atoms with van der Waals surface area (Å²) < 4.78 is 27.7. The predicted octanol–water partition coefficient (Wildman–Crippen LogP) is 1.98. The molecule has 2 rings (SSSR count). The summed E-state index contributed by atoms with van der Waals surface area (Å²) in [6.45, 7) is 4.49. The van der Waals surface area contributed by atoms with Crippen LogP contribution in [0.25, 0.3) is 0 Å². The molecule has 0 heterocycles. The molecule has 4 nitrogen and oxygen atoms in total. The fourth-order valence-corrected chi connectivity index (χ4v) is 4.34. The Morgan fingerprint density at radius 2 is 2.11 bits per heavy atom. The lowest BCUT2D eigenvalue weighted by atomic mass is 10.2. The molecule has 0 aliphatic heterocycles. The van der Waals surface area contributed by atoms with Gasteiger partial charge < -0.3 is 5.73 Å². The fourth-order valence-electron chi connectivity index (χ4n) is 1.81. The number of rotatable bonds is 4. The van der Waals surface area contributed by atoms with E-state index in [4.69, 9.17) is 5.73 Å². The average Bonchev–Trinajstić information content (AvgIpc) is 2.84. The lowest BCUT2D eigenvalue weighted by Crippen LogP contribution is -2.28. The number of nitrogens with two attached hydrogens (primary N) is 1. The van der Waals surface area contributed by atoms with Gasteiger partial charge in [0.1, 0.15) is 0 Å². The SMILES string of the molecule is CC1(C)CC1NS(=O)(=O)c1ccc(CN)cc1Br. The van der Waals surface area contributed by atoms with E-state index in [9.17, 15) is 8.42 Å². The van der Waals surface area contributed by atoms with Crippen LogP contribution in [0.4, 0.5) is 0 Å². The number of hydrogen-bond donors (Lipinski definition) is 2. The van der Waals surface area contributed by atoms with Gasteiger partial charge in [0.15, 0.2) is 0 Å². The molecule has 1 aliphatic rings. The molecule has 3 N–H and O–H groups in total. The summed E-state index contributed by atoms with van der Waals surface area (Å²) in [4.78, 5) is 0.266. The van der Waals surface area contributed by atoms with Crippen molar-refractivity contribution in [2.24, 2.45) is 11.1 Å². The number of sulfonamides is 1. The zero-order valence-electron chi connectivity index (χ0n) is 10.4. The minimum Gasteiger partial charge on any atom is -0.326 e. The van der Waals surface area contributed by atoms with Crippen molar-refractivity contribution in [3.63, 3.8) is 0 Å². The van der Waals surface area contributed by atoms with Crippen LogP contribution in [0.5, 0.6) is 0 Å². The van der Waals surface area contributed by atoms with Gasteiger partial charge in [-0.25, -0.2) is 13.1 Å². The number of hydrogen-bond acceptors (Lipinski definition) is 3. The Morgan fingerprint density at radius 1 is 1.50 bits per heavy atom. The Bertz CT molecular complexity index is 569. The van der Waals surface area contributed by atoms with Crippen molar-refractivity contribution in [2.75, 3.05) is 0 Å². The van der Waals surface area contributed by atoms with Crippen LogP contribution in [0.3, 0.4) is 0 Å². The van der Waals surface area contributed by atoms with Crippen molar-refractivity contribution >= 4 is 26.0 Å². The summed E-state index contributed by atoms with van der Waals surface area (Å²) in [5.41, 5.74) is 6.48. The lowest BCUT2D eigenvalue weighted by Gasteiger charge is -2.10. The fraction of sp³-hybridized carbons (Fsp3) is 0.500. The summed E-state index contributed by atoms with van der Waals surface area (Å²) in [5, 5.41) is 0. The molecular weight excluding hydrogens is 316 g/mol. The molecule has 0 amide bonds. The second kappa shape index (κ2) is 4.59. The van der Waals surface area contributed by atoms with E-state index in [1.807, 2.05) is 13.8 Å². The van der Waals surface area contributed by atoms with E-state index in [2.05, 4.69) is 20.7 Å². The van der Waals surface area contributed by atoms with Crippen molar-refractivity contribution in [1.29, 1.82) is 0 Å². The van der Waals surface area contributed by atoms with Gasteiger partial charge in [0.2, 0.25) is 10.0 Å². The monoisotopic (exact) mass is 332 g/mol. The van der Waals surface area contributed by atoms with Gasteiger partial charge in [-0.05, 0) is 45.5 Å². The summed E-state index contributed by atoms with van der Waals surface area (Å²) in [6.07, 6.45) is 0.880. The molecule has 1 aromatic carbocycles. The highest BCUT2D eigenvalue weighted by atomic mass is 79.9. The Balaban J connectivity index is 2.25. The van der Waals surface area contributed by atoms with E-state index >= 15 is 0 Å². The first-order valence-corrected chi connectivity index (χ1v) is 8.05. The quantitative estimate of drug-likeness (QED) is 0.885. The molecule has 1 fully saturated rings. The highest BCUT2D eigenvalue weighted by molar-refractivity contribution is 9.10. The first-order chi connectivity index (χ1) is 8.26. The Hall–Kier alpha value is -0.430. The smallest absolute Gasteiger partial charge is 0.241 e. The average molecular weight is 333 g/mol. The maximum atomic E-state index is 12.2. The standard InChI is InChI=1S/C12H17BrN2O2S/c1-12(2)6-11(12)15-18(16,17)10-4-3-8(7-14)5-9(10)13/h3-5,11,15H,6-7,14H2,1-2H3. The maximum Gasteiger partial charge on any atom is 0.241 e. The van der Waals surface area contributed by atoms with Crippen molar-refractivity contribution in [3.8, 4) is 0 Å². The first kappa shape index (κ1) is 14.0. The van der Waals surface area contributed by atoms with E-state index in [-0.39, 0.29) is 16.4 Å². The molecule has 1 saturated carbocycles. The largest absolute Gasteiger partial charge is 0.326 e. The molecule has 0 saturated heterocycles. The second-order valence-electron chi connectivity index (χ2n) is 5.34. The molecule has 1 unspecified atom stereocenters. The normalized spacial score (nSPS) is 21.9. The molecular formula is C12H17BrN2O2S. The van der Waals surface area contributed by atoms with E-state index in [0.29, 0.717) is 11.0 Å². The summed E-state index contributed by atoms with van der Waals surface area (Å²) in [5.74, 6) is 0. The Labute approximate surface area is 116 Å². The van der Waals surface area contributed by atoms with E-state index in [1.54, 1.807) is 18.2 Å². The first-order valence-electron chi connectivity index (χ1n) is 5.77. The highest BCUT2D eigenvalue weighted by Gasteiger charge is 2.48. The molecule has 1 aromatic rings. The van der Waals surface area contributed by atoms with Crippen LogP contribution in [-0.4, -0.2) is 14.5 Å². The molecule has 18 heavy (non-hydrogen) atoms. The van der Waals surface area contributed by atoms with Crippen LogP contribution < -0.4 is 10.5 Å². The minimum atomic E-state index is -3.46. The van der Waals surface area contributed by atoms with Gasteiger partial charge in [0.05, 0.1) is 4.90 Å². The zero-order chi connectivity index (χ0) is 13.6. The van der Waals surface area contributed by atoms with Crippen LogP contribution in [0.2, 0.25) is 0 Å². The summed E-state index contributed by atoms with van der Waals surface area (Å²) >= 11 is 3.29. The van der Waals surface area contributed by atoms with Gasteiger partial charge in [0.25, 0.3) is 0 Å². The molecule has 6 heteroatoms. The minimum absolute atomic E-state index is 0.0311. The van der Waals surface area contributed by atoms with E-state index in [0.717, 1.165) is 12.0 Å². The van der Waals surface area contributed by atoms with Crippen LogP contribution >= 0.6 is 15.9 Å². The van der Waals surface area contributed by atoms with Gasteiger partial charge in [-0.1, -0.05) is 19.9 Å². The molecule has 0 aromatic heterocycles. The molecule has 100 valence electrons. The van der Waals surface area contributed by atoms with E-state index < -0.39 is 10.0 Å². The van der Waals surface area contributed by atoms with Crippen LogP contribution in [-0.2, 0) is 16.6 Å². The van der Waals surface area contributed by atoms with Gasteiger partial charge in [-0.15, -0.1) is 0 Å². The van der Waals surface area contributed by atoms with Gasteiger partial charge in [-0.3, -0.25) is 0 Å². The summed E-state index contributed by atoms with van der Waals surface area (Å²) in [6, 6.07) is 5.09. The van der Waals surface area contributed by atoms with Gasteiger partial charge in [-0.2, -0.15) is 0 Å². The molecule has 0 spiro atoms. The second-order valence-corrected chi connectivity index (χ2v) is 7.87.